The summed E-state index contributed by atoms with van der Waals surface area (Å²) in [5, 5.41) is 0. The number of carbonyl (C=O) groups excluding carboxylic acids is 2. The Bertz CT molecular complexity index is 870. The van der Waals surface area contributed by atoms with Crippen LogP contribution in [0, 0.1) is 5.82 Å². The number of halogens is 1. The number of allylic oxidation sites excluding steroid dienone is 1. The lowest BCUT2D eigenvalue weighted by molar-refractivity contribution is -0.150. The molecule has 1 aliphatic rings. The Morgan fingerprint density at radius 3 is 2.65 bits per heavy atom. The Hall–Kier alpha value is -3.15. The lowest BCUT2D eigenvalue weighted by Crippen LogP contribution is -2.26. The van der Waals surface area contributed by atoms with Gasteiger partial charge in [-0.3, -0.25) is 4.79 Å². The van der Waals surface area contributed by atoms with Crippen LogP contribution in [0.4, 0.5) is 4.39 Å². The van der Waals surface area contributed by atoms with Gasteiger partial charge in [0.05, 0.1) is 12.2 Å². The van der Waals surface area contributed by atoms with Gasteiger partial charge in [-0.15, -0.1) is 0 Å². The number of benzene rings is 2. The maximum absolute atomic E-state index is 13.0. The van der Waals surface area contributed by atoms with Crippen LogP contribution in [0.2, 0.25) is 0 Å². The Balaban J connectivity index is 1.77. The van der Waals surface area contributed by atoms with Gasteiger partial charge in [0.25, 0.3) is 0 Å². The first-order valence-electron chi connectivity index (χ1n) is 8.15. The normalized spacial score (nSPS) is 15.3. The van der Waals surface area contributed by atoms with Crippen molar-refractivity contribution in [3.8, 4) is 11.5 Å². The Kier molecular flexibility index (Phi) is 5.02. The first-order chi connectivity index (χ1) is 12.5. The molecule has 1 atom stereocenters. The van der Waals surface area contributed by atoms with Gasteiger partial charge in [0.1, 0.15) is 17.3 Å². The van der Waals surface area contributed by atoms with Crippen molar-refractivity contribution in [2.45, 2.75) is 20.0 Å². The van der Waals surface area contributed by atoms with Gasteiger partial charge in [0.15, 0.2) is 11.9 Å². The second kappa shape index (κ2) is 7.39. The number of hydrogen-bond acceptors (Lipinski definition) is 5. The molecule has 5 nitrogen and oxygen atoms in total. The van der Waals surface area contributed by atoms with Crippen molar-refractivity contribution < 1.29 is 28.2 Å². The number of Topliss-reactive ketones (excluding diaryl/α,β-unsaturated/α-hetero) is 1. The summed E-state index contributed by atoms with van der Waals surface area (Å²) in [6.45, 7) is 3.57. The number of hydrogen-bond donors (Lipinski definition) is 0. The van der Waals surface area contributed by atoms with Gasteiger partial charge < -0.3 is 14.2 Å². The molecule has 0 amide bonds. The van der Waals surface area contributed by atoms with E-state index in [-0.39, 0.29) is 24.0 Å². The Morgan fingerprint density at radius 2 is 1.96 bits per heavy atom. The van der Waals surface area contributed by atoms with Crippen molar-refractivity contribution in [3.63, 3.8) is 0 Å². The molecular formula is C20H17FO5. The zero-order valence-electron chi connectivity index (χ0n) is 14.3. The molecule has 0 aliphatic carbocycles. The first kappa shape index (κ1) is 17.7. The highest BCUT2D eigenvalue weighted by atomic mass is 19.1. The van der Waals surface area contributed by atoms with Gasteiger partial charge >= 0.3 is 5.97 Å². The summed E-state index contributed by atoms with van der Waals surface area (Å²) in [6.07, 6.45) is 0.767. The van der Waals surface area contributed by atoms with Crippen molar-refractivity contribution in [1.29, 1.82) is 0 Å². The molecule has 0 radical (unpaired) electrons. The van der Waals surface area contributed by atoms with Crippen LogP contribution in [0.5, 0.6) is 11.5 Å². The molecule has 2 aromatic rings. The van der Waals surface area contributed by atoms with E-state index in [1.54, 1.807) is 50.3 Å². The summed E-state index contributed by atoms with van der Waals surface area (Å²) in [4.78, 5) is 24.1. The summed E-state index contributed by atoms with van der Waals surface area (Å²) in [5.74, 6) is -0.220. The Labute approximate surface area is 150 Å². The molecule has 0 unspecified atom stereocenters. The molecule has 0 aromatic heterocycles. The van der Waals surface area contributed by atoms with E-state index in [0.29, 0.717) is 22.6 Å². The van der Waals surface area contributed by atoms with E-state index in [1.807, 2.05) is 0 Å². The van der Waals surface area contributed by atoms with E-state index in [1.165, 1.54) is 12.1 Å². The van der Waals surface area contributed by atoms with Crippen LogP contribution in [0.1, 0.15) is 29.8 Å². The second-order valence-corrected chi connectivity index (χ2v) is 5.66. The fraction of sp³-hybridized carbons (Fsp3) is 0.200. The van der Waals surface area contributed by atoms with Gasteiger partial charge in [-0.2, -0.15) is 0 Å². The van der Waals surface area contributed by atoms with Crippen LogP contribution < -0.4 is 9.47 Å². The van der Waals surface area contributed by atoms with Gasteiger partial charge in [-0.1, -0.05) is 12.1 Å². The van der Waals surface area contributed by atoms with Gasteiger partial charge in [0, 0.05) is 6.07 Å². The molecule has 2 aromatic carbocycles. The first-order valence-corrected chi connectivity index (χ1v) is 8.15. The van der Waals surface area contributed by atoms with E-state index in [2.05, 4.69) is 0 Å². The van der Waals surface area contributed by atoms with Crippen LogP contribution in [0.3, 0.4) is 0 Å². The van der Waals surface area contributed by atoms with Crippen LogP contribution in [0.15, 0.2) is 48.2 Å². The quantitative estimate of drug-likeness (QED) is 0.603. The molecule has 0 N–H and O–H groups in total. The lowest BCUT2D eigenvalue weighted by atomic mass is 10.1. The predicted molar refractivity (Wildman–Crippen MR) is 92.5 cm³/mol. The van der Waals surface area contributed by atoms with E-state index in [4.69, 9.17) is 14.2 Å². The maximum Gasteiger partial charge on any atom is 0.347 e. The van der Waals surface area contributed by atoms with Crippen molar-refractivity contribution in [3.05, 3.63) is 65.2 Å². The zero-order valence-corrected chi connectivity index (χ0v) is 14.3. The smallest absolute Gasteiger partial charge is 0.347 e. The average molecular weight is 356 g/mol. The van der Waals surface area contributed by atoms with Gasteiger partial charge in [0.2, 0.25) is 5.78 Å². The third kappa shape index (κ3) is 3.74. The summed E-state index contributed by atoms with van der Waals surface area (Å²) in [7, 11) is 0. The third-order valence-electron chi connectivity index (χ3n) is 3.74. The number of esters is 1. The molecule has 3 rings (SSSR count). The topological polar surface area (TPSA) is 61.8 Å². The molecule has 0 fully saturated rings. The molecule has 0 spiro atoms. The zero-order chi connectivity index (χ0) is 18.7. The number of carbonyl (C=O) groups is 2. The maximum atomic E-state index is 13.0. The summed E-state index contributed by atoms with van der Waals surface area (Å²) in [6, 6.07) is 10.4. The number of fused-ring (bicyclic) bond motifs is 1. The van der Waals surface area contributed by atoms with E-state index < -0.39 is 12.1 Å². The van der Waals surface area contributed by atoms with E-state index in [0.717, 1.165) is 0 Å². The van der Waals surface area contributed by atoms with Crippen molar-refractivity contribution in [1.82, 2.24) is 0 Å². The highest BCUT2D eigenvalue weighted by molar-refractivity contribution is 6.14. The van der Waals surface area contributed by atoms with Crippen molar-refractivity contribution >= 4 is 17.8 Å². The standard InChI is InChI=1S/C20H17FO5/c1-3-24-20(23)12(2)25-15-8-9-16-17(11-15)26-18(19(16)22)10-13-4-6-14(21)7-5-13/h4-12H,3H2,1-2H3/t12-/m1/s1. The van der Waals surface area contributed by atoms with Crippen LogP contribution in [0.25, 0.3) is 6.08 Å². The number of rotatable bonds is 5. The second-order valence-electron chi connectivity index (χ2n) is 5.66. The predicted octanol–water partition coefficient (Wildman–Crippen LogP) is 3.77. The average Bonchev–Trinajstić information content (AvgIpc) is 2.92. The van der Waals surface area contributed by atoms with E-state index in [9.17, 15) is 14.0 Å². The third-order valence-corrected chi connectivity index (χ3v) is 3.74. The molecule has 1 heterocycles. The number of ketones is 1. The SMILES string of the molecule is CCOC(=O)[C@@H](C)Oc1ccc2c(c1)OC(=Cc1ccc(F)cc1)C2=O. The molecule has 134 valence electrons. The number of ether oxygens (including phenoxy) is 3. The van der Waals surface area contributed by atoms with Crippen LogP contribution >= 0.6 is 0 Å². The fourth-order valence-electron chi connectivity index (χ4n) is 2.46. The highest BCUT2D eigenvalue weighted by Crippen LogP contribution is 2.35. The molecule has 0 saturated carbocycles. The summed E-state index contributed by atoms with van der Waals surface area (Å²) < 4.78 is 29.0. The fourth-order valence-corrected chi connectivity index (χ4v) is 2.46. The molecule has 0 saturated heterocycles. The monoisotopic (exact) mass is 356 g/mol. The summed E-state index contributed by atoms with van der Waals surface area (Å²) in [5.41, 5.74) is 1.05. The van der Waals surface area contributed by atoms with Gasteiger partial charge in [-0.25, -0.2) is 9.18 Å². The molecule has 26 heavy (non-hydrogen) atoms. The van der Waals surface area contributed by atoms with Gasteiger partial charge in [-0.05, 0) is 49.8 Å². The lowest BCUT2D eigenvalue weighted by Gasteiger charge is -2.13. The summed E-state index contributed by atoms with van der Waals surface area (Å²) >= 11 is 0. The Morgan fingerprint density at radius 1 is 1.23 bits per heavy atom. The van der Waals surface area contributed by atoms with Crippen molar-refractivity contribution in [2.24, 2.45) is 0 Å². The highest BCUT2D eigenvalue weighted by Gasteiger charge is 2.28. The van der Waals surface area contributed by atoms with Crippen LogP contribution in [-0.4, -0.2) is 24.5 Å². The van der Waals surface area contributed by atoms with Crippen molar-refractivity contribution in [2.75, 3.05) is 6.61 Å². The molecule has 0 bridgehead atoms. The molecule has 6 heteroatoms. The van der Waals surface area contributed by atoms with E-state index >= 15 is 0 Å². The minimum Gasteiger partial charge on any atom is -0.479 e. The molecular weight excluding hydrogens is 339 g/mol. The largest absolute Gasteiger partial charge is 0.479 e. The minimum atomic E-state index is -0.778. The molecule has 1 aliphatic heterocycles. The van der Waals surface area contributed by atoms with Crippen LogP contribution in [-0.2, 0) is 9.53 Å². The minimum absolute atomic E-state index is 0.141.